The smallest absolute Gasteiger partial charge is 0.315 e. The molecule has 32 heavy (non-hydrogen) atoms. The number of likely N-dealkylation sites (tertiary alicyclic amines) is 1. The first-order valence-corrected chi connectivity index (χ1v) is 12.3. The number of nitrogens with one attached hydrogen (secondary N) is 2. The van der Waals surface area contributed by atoms with E-state index in [1.807, 2.05) is 33.0 Å². The number of nitrogens with zero attached hydrogens (tertiary/aromatic N) is 2. The first-order valence-electron chi connectivity index (χ1n) is 11.5. The highest BCUT2D eigenvalue weighted by Gasteiger charge is 2.47. The highest BCUT2D eigenvalue weighted by molar-refractivity contribution is 7.10. The van der Waals surface area contributed by atoms with Crippen LogP contribution in [0.2, 0.25) is 0 Å². The number of aryl methyl sites for hydroxylation is 2. The topological polar surface area (TPSA) is 57.3 Å². The molecule has 2 aromatic rings. The van der Waals surface area contributed by atoms with Crippen molar-refractivity contribution >= 4 is 17.4 Å². The lowest BCUT2D eigenvalue weighted by Gasteiger charge is -2.40. The van der Waals surface area contributed by atoms with E-state index in [0.717, 1.165) is 42.9 Å². The fraction of sp³-hybridized carbons (Fsp3) is 0.600. The van der Waals surface area contributed by atoms with Crippen molar-refractivity contribution in [1.29, 1.82) is 0 Å². The van der Waals surface area contributed by atoms with Crippen LogP contribution >= 0.6 is 11.3 Å². The van der Waals surface area contributed by atoms with E-state index in [1.54, 1.807) is 6.07 Å². The predicted octanol–water partition coefficient (Wildman–Crippen LogP) is 5.25. The third kappa shape index (κ3) is 5.67. The molecular formula is C25H37FN4OS. The molecule has 0 unspecified atom stereocenters. The second-order valence-corrected chi connectivity index (χ2v) is 11.1. The molecule has 3 rings (SSSR count). The van der Waals surface area contributed by atoms with Gasteiger partial charge in [0.2, 0.25) is 0 Å². The van der Waals surface area contributed by atoms with Gasteiger partial charge >= 0.3 is 6.03 Å². The molecule has 2 amide bonds. The number of aromatic nitrogens is 1. The fourth-order valence-corrected chi connectivity index (χ4v) is 5.40. The summed E-state index contributed by atoms with van der Waals surface area (Å²) in [6, 6.07) is 7.59. The number of urea groups is 1. The van der Waals surface area contributed by atoms with Crippen LogP contribution in [0.1, 0.15) is 63.6 Å². The molecule has 5 nitrogen and oxygen atoms in total. The molecule has 0 saturated carbocycles. The first-order chi connectivity index (χ1) is 15.0. The third-order valence-electron chi connectivity index (χ3n) is 6.98. The number of thiophene rings is 1. The molecule has 7 heteroatoms. The summed E-state index contributed by atoms with van der Waals surface area (Å²) in [5, 5.41) is 6.00. The summed E-state index contributed by atoms with van der Waals surface area (Å²) in [7, 11) is 0. The Morgan fingerprint density at radius 1 is 1.25 bits per heavy atom. The van der Waals surface area contributed by atoms with Crippen LogP contribution in [0.3, 0.4) is 0 Å². The van der Waals surface area contributed by atoms with Crippen LogP contribution in [0.25, 0.3) is 0 Å². The highest BCUT2D eigenvalue weighted by Crippen LogP contribution is 2.44. The van der Waals surface area contributed by atoms with Gasteiger partial charge in [-0.2, -0.15) is 4.39 Å². The number of halogens is 1. The molecule has 0 aromatic carbocycles. The molecule has 176 valence electrons. The maximum atomic E-state index is 13.5. The summed E-state index contributed by atoms with van der Waals surface area (Å²) in [5.74, 6) is 0. The molecule has 2 aromatic heterocycles. The Labute approximate surface area is 195 Å². The van der Waals surface area contributed by atoms with Crippen molar-refractivity contribution in [1.82, 2.24) is 20.5 Å². The SMILES string of the molecule is Cc1ccc(C(C)(C)N2CC[C@@](CCc3ccc(F)s3)([C@H](C)NC(=O)NC(C)C)C2)cn1. The lowest BCUT2D eigenvalue weighted by Crippen LogP contribution is -2.52. The van der Waals surface area contributed by atoms with Crippen LogP contribution in [0.4, 0.5) is 9.18 Å². The zero-order chi connectivity index (χ0) is 23.5. The monoisotopic (exact) mass is 460 g/mol. The Bertz CT molecular complexity index is 911. The molecule has 2 atom stereocenters. The van der Waals surface area contributed by atoms with E-state index in [9.17, 15) is 9.18 Å². The maximum absolute atomic E-state index is 13.5. The van der Waals surface area contributed by atoms with Gasteiger partial charge in [-0.15, -0.1) is 11.3 Å². The fourth-order valence-electron chi connectivity index (χ4n) is 4.67. The first kappa shape index (κ1) is 24.6. The summed E-state index contributed by atoms with van der Waals surface area (Å²) >= 11 is 1.22. The molecule has 0 radical (unpaired) electrons. The van der Waals surface area contributed by atoms with Gasteiger partial charge in [0.1, 0.15) is 0 Å². The average Bonchev–Trinajstić information content (AvgIpc) is 3.33. The number of rotatable bonds is 8. The Morgan fingerprint density at radius 3 is 2.59 bits per heavy atom. The predicted molar refractivity (Wildman–Crippen MR) is 129 cm³/mol. The molecule has 2 N–H and O–H groups in total. The minimum absolute atomic E-state index is 0.0111. The van der Waals surface area contributed by atoms with Crippen LogP contribution in [-0.4, -0.2) is 41.1 Å². The number of pyridine rings is 1. The van der Waals surface area contributed by atoms with Crippen LogP contribution in [0, 0.1) is 17.5 Å². The molecule has 0 aliphatic carbocycles. The standard InChI is InChI=1S/C25H37FN4OS/c1-17(2)28-23(31)29-19(4)25(12-11-21-9-10-22(26)32-21)13-14-30(16-25)24(5,6)20-8-7-18(3)27-15-20/h7-10,15,17,19H,11-14,16H2,1-6H3,(H2,28,29,31)/t19-,25+/m0/s1. The number of hydrogen-bond acceptors (Lipinski definition) is 4. The zero-order valence-corrected chi connectivity index (χ0v) is 21.0. The van der Waals surface area contributed by atoms with E-state index in [0.29, 0.717) is 0 Å². The molecule has 0 bridgehead atoms. The summed E-state index contributed by atoms with van der Waals surface area (Å²) in [4.78, 5) is 20.6. The van der Waals surface area contributed by atoms with E-state index >= 15 is 0 Å². The molecule has 1 aliphatic heterocycles. The average molecular weight is 461 g/mol. The second kappa shape index (κ2) is 9.87. The lowest BCUT2D eigenvalue weighted by atomic mass is 9.75. The van der Waals surface area contributed by atoms with Crippen molar-refractivity contribution in [2.45, 2.75) is 78.4 Å². The van der Waals surface area contributed by atoms with Gasteiger partial charge in [0.05, 0.1) is 0 Å². The summed E-state index contributed by atoms with van der Waals surface area (Å²) in [6.45, 7) is 14.3. The van der Waals surface area contributed by atoms with Gasteiger partial charge in [0.25, 0.3) is 0 Å². The maximum Gasteiger partial charge on any atom is 0.315 e. The molecule has 3 heterocycles. The number of amides is 2. The normalized spacial score (nSPS) is 20.5. The highest BCUT2D eigenvalue weighted by atomic mass is 32.1. The Hall–Kier alpha value is -1.99. The molecule has 1 saturated heterocycles. The van der Waals surface area contributed by atoms with Crippen molar-refractivity contribution in [2.24, 2.45) is 5.41 Å². The van der Waals surface area contributed by atoms with Gasteiger partial charge in [-0.25, -0.2) is 4.79 Å². The van der Waals surface area contributed by atoms with Crippen molar-refractivity contribution in [3.63, 3.8) is 0 Å². The quantitative estimate of drug-likeness (QED) is 0.566. The van der Waals surface area contributed by atoms with E-state index in [4.69, 9.17) is 0 Å². The van der Waals surface area contributed by atoms with Crippen molar-refractivity contribution in [3.05, 3.63) is 51.7 Å². The van der Waals surface area contributed by atoms with Crippen LogP contribution in [0.5, 0.6) is 0 Å². The van der Waals surface area contributed by atoms with Gasteiger partial charge in [0.15, 0.2) is 5.13 Å². The zero-order valence-electron chi connectivity index (χ0n) is 20.2. The Morgan fingerprint density at radius 2 is 2.00 bits per heavy atom. The Kier molecular flexibility index (Phi) is 7.61. The van der Waals surface area contributed by atoms with Crippen molar-refractivity contribution in [3.8, 4) is 0 Å². The van der Waals surface area contributed by atoms with Gasteiger partial charge < -0.3 is 10.6 Å². The molecule has 1 aliphatic rings. The number of hydrogen-bond donors (Lipinski definition) is 2. The third-order valence-corrected chi connectivity index (χ3v) is 7.91. The molecule has 0 spiro atoms. The van der Waals surface area contributed by atoms with Crippen molar-refractivity contribution in [2.75, 3.05) is 13.1 Å². The van der Waals surface area contributed by atoms with Crippen LogP contribution < -0.4 is 10.6 Å². The largest absolute Gasteiger partial charge is 0.336 e. The lowest BCUT2D eigenvalue weighted by molar-refractivity contribution is 0.113. The van der Waals surface area contributed by atoms with Crippen LogP contribution in [0.15, 0.2) is 30.5 Å². The second-order valence-electron chi connectivity index (χ2n) is 9.98. The summed E-state index contributed by atoms with van der Waals surface area (Å²) in [5.41, 5.74) is 1.94. The minimum atomic E-state index is -0.169. The minimum Gasteiger partial charge on any atom is -0.336 e. The molecule has 1 fully saturated rings. The number of carbonyl (C=O) groups is 1. The van der Waals surface area contributed by atoms with E-state index in [2.05, 4.69) is 53.4 Å². The van der Waals surface area contributed by atoms with E-state index in [-0.39, 0.29) is 34.2 Å². The van der Waals surface area contributed by atoms with Gasteiger partial charge in [-0.3, -0.25) is 9.88 Å². The van der Waals surface area contributed by atoms with Crippen LogP contribution in [-0.2, 0) is 12.0 Å². The summed E-state index contributed by atoms with van der Waals surface area (Å²) < 4.78 is 13.5. The van der Waals surface area contributed by atoms with Gasteiger partial charge in [-0.05, 0) is 91.1 Å². The number of carbonyl (C=O) groups excluding carboxylic acids is 1. The summed E-state index contributed by atoms with van der Waals surface area (Å²) in [6.07, 6.45) is 4.66. The van der Waals surface area contributed by atoms with E-state index in [1.165, 1.54) is 16.9 Å². The Balaban J connectivity index is 1.80. The van der Waals surface area contributed by atoms with Gasteiger partial charge in [-0.1, -0.05) is 6.07 Å². The van der Waals surface area contributed by atoms with E-state index < -0.39 is 0 Å². The van der Waals surface area contributed by atoms with Crippen molar-refractivity contribution < 1.29 is 9.18 Å². The van der Waals surface area contributed by atoms with Gasteiger partial charge in [0, 0.05) is 46.4 Å². The molecular weight excluding hydrogens is 423 g/mol.